The fraction of sp³-hybridized carbons (Fsp3) is 0.182. The van der Waals surface area contributed by atoms with Crippen molar-refractivity contribution in [2.45, 2.75) is 0 Å². The van der Waals surface area contributed by atoms with Gasteiger partial charge in [-0.25, -0.2) is 4.79 Å². The SMILES string of the molecule is COC(=O)COc1ccc(Br)cc1C=NNC(N)=S. The third-order valence-electron chi connectivity index (χ3n) is 1.92. The molecule has 0 aliphatic rings. The smallest absolute Gasteiger partial charge is 0.343 e. The van der Waals surface area contributed by atoms with Crippen molar-refractivity contribution in [3.8, 4) is 5.75 Å². The summed E-state index contributed by atoms with van der Waals surface area (Å²) in [6.07, 6.45) is 1.48. The van der Waals surface area contributed by atoms with E-state index in [1.54, 1.807) is 18.2 Å². The number of hydrazone groups is 1. The lowest BCUT2D eigenvalue weighted by Gasteiger charge is -2.08. The number of rotatable bonds is 5. The van der Waals surface area contributed by atoms with Crippen molar-refractivity contribution in [1.82, 2.24) is 5.43 Å². The monoisotopic (exact) mass is 345 g/mol. The van der Waals surface area contributed by atoms with Gasteiger partial charge >= 0.3 is 5.97 Å². The molecule has 8 heteroatoms. The maximum Gasteiger partial charge on any atom is 0.343 e. The van der Waals surface area contributed by atoms with E-state index >= 15 is 0 Å². The van der Waals surface area contributed by atoms with Crippen LogP contribution in [0.4, 0.5) is 0 Å². The molecule has 0 aliphatic carbocycles. The molecule has 0 atom stereocenters. The Morgan fingerprint density at radius 3 is 3.00 bits per heavy atom. The Bertz CT molecular complexity index is 508. The first kappa shape index (κ1) is 15.4. The molecule has 0 saturated carbocycles. The molecule has 0 radical (unpaired) electrons. The maximum absolute atomic E-state index is 11.0. The van der Waals surface area contributed by atoms with E-state index in [1.807, 2.05) is 0 Å². The predicted octanol–water partition coefficient (Wildman–Crippen LogP) is 1.17. The summed E-state index contributed by atoms with van der Waals surface area (Å²) in [5.74, 6) is 0.0224. The molecule has 0 fully saturated rings. The Morgan fingerprint density at radius 2 is 2.37 bits per heavy atom. The van der Waals surface area contributed by atoms with Crippen LogP contribution in [0.2, 0.25) is 0 Å². The average Bonchev–Trinajstić information content (AvgIpc) is 2.37. The number of nitrogens with one attached hydrogen (secondary N) is 1. The molecular formula is C11H12BrN3O3S. The molecule has 0 saturated heterocycles. The van der Waals surface area contributed by atoms with Crippen LogP contribution in [0.1, 0.15) is 5.56 Å². The molecule has 0 aliphatic heterocycles. The number of carbonyl (C=O) groups excluding carboxylic acids is 1. The highest BCUT2D eigenvalue weighted by Gasteiger charge is 2.06. The van der Waals surface area contributed by atoms with Crippen molar-refractivity contribution in [3.63, 3.8) is 0 Å². The Hall–Kier alpha value is -1.67. The van der Waals surface area contributed by atoms with E-state index < -0.39 is 5.97 Å². The van der Waals surface area contributed by atoms with Crippen molar-refractivity contribution >= 4 is 45.4 Å². The summed E-state index contributed by atoms with van der Waals surface area (Å²) in [5.41, 5.74) is 8.33. The van der Waals surface area contributed by atoms with Crippen LogP contribution in [0.15, 0.2) is 27.8 Å². The first-order valence-electron chi connectivity index (χ1n) is 5.10. The molecule has 6 nitrogen and oxygen atoms in total. The highest BCUT2D eigenvalue weighted by molar-refractivity contribution is 9.10. The van der Waals surface area contributed by atoms with Crippen LogP contribution in [0.3, 0.4) is 0 Å². The zero-order chi connectivity index (χ0) is 14.3. The summed E-state index contributed by atoms with van der Waals surface area (Å²) < 4.78 is 10.7. The Kier molecular flexibility index (Phi) is 6.23. The molecule has 1 aromatic rings. The number of hydrogen-bond donors (Lipinski definition) is 2. The van der Waals surface area contributed by atoms with Crippen LogP contribution in [0.5, 0.6) is 5.75 Å². The summed E-state index contributed by atoms with van der Waals surface area (Å²) in [6, 6.07) is 5.26. The van der Waals surface area contributed by atoms with E-state index in [0.717, 1.165) is 4.47 Å². The quantitative estimate of drug-likeness (QED) is 0.360. The molecule has 0 heterocycles. The van der Waals surface area contributed by atoms with Gasteiger partial charge in [-0.05, 0) is 30.4 Å². The molecule has 0 spiro atoms. The van der Waals surface area contributed by atoms with Crippen LogP contribution in [-0.2, 0) is 9.53 Å². The first-order chi connectivity index (χ1) is 9.02. The van der Waals surface area contributed by atoms with Crippen molar-refractivity contribution in [3.05, 3.63) is 28.2 Å². The lowest BCUT2D eigenvalue weighted by Crippen LogP contribution is -2.24. The fourth-order valence-electron chi connectivity index (χ4n) is 1.11. The van der Waals surface area contributed by atoms with Crippen molar-refractivity contribution in [2.24, 2.45) is 10.8 Å². The molecule has 19 heavy (non-hydrogen) atoms. The lowest BCUT2D eigenvalue weighted by molar-refractivity contribution is -0.142. The largest absolute Gasteiger partial charge is 0.481 e. The van der Waals surface area contributed by atoms with Crippen LogP contribution in [-0.4, -0.2) is 31.0 Å². The third kappa shape index (κ3) is 5.66. The van der Waals surface area contributed by atoms with Gasteiger partial charge in [0.05, 0.1) is 13.3 Å². The zero-order valence-corrected chi connectivity index (χ0v) is 12.5. The lowest BCUT2D eigenvalue weighted by atomic mass is 10.2. The zero-order valence-electron chi connectivity index (χ0n) is 10.1. The Labute approximate surface area is 124 Å². The van der Waals surface area contributed by atoms with E-state index in [2.05, 4.69) is 43.4 Å². The number of esters is 1. The summed E-state index contributed by atoms with van der Waals surface area (Å²) in [5, 5.41) is 3.89. The van der Waals surface area contributed by atoms with Gasteiger partial charge in [0.25, 0.3) is 0 Å². The molecule has 1 aromatic carbocycles. The molecule has 0 aromatic heterocycles. The summed E-state index contributed by atoms with van der Waals surface area (Å²) in [4.78, 5) is 11.0. The molecule has 1 rings (SSSR count). The molecule has 102 valence electrons. The van der Waals surface area contributed by atoms with Crippen LogP contribution >= 0.6 is 28.1 Å². The first-order valence-corrected chi connectivity index (χ1v) is 6.30. The minimum atomic E-state index is -0.466. The number of benzene rings is 1. The van der Waals surface area contributed by atoms with Crippen molar-refractivity contribution < 1.29 is 14.3 Å². The summed E-state index contributed by atoms with van der Waals surface area (Å²) >= 11 is 7.95. The second kappa shape index (κ2) is 7.70. The van der Waals surface area contributed by atoms with Gasteiger partial charge in [-0.2, -0.15) is 5.10 Å². The van der Waals surface area contributed by atoms with E-state index in [-0.39, 0.29) is 11.7 Å². The Balaban J connectivity index is 2.82. The van der Waals surface area contributed by atoms with Crippen LogP contribution in [0.25, 0.3) is 0 Å². The molecule has 3 N–H and O–H groups in total. The highest BCUT2D eigenvalue weighted by Crippen LogP contribution is 2.21. The normalized spacial score (nSPS) is 10.2. The van der Waals surface area contributed by atoms with E-state index in [4.69, 9.17) is 10.5 Å². The third-order valence-corrected chi connectivity index (χ3v) is 2.51. The van der Waals surface area contributed by atoms with Gasteiger partial charge in [0.1, 0.15) is 5.75 Å². The number of hydrogen-bond acceptors (Lipinski definition) is 5. The highest BCUT2D eigenvalue weighted by atomic mass is 79.9. The minimum absolute atomic E-state index is 0.0586. The number of thiocarbonyl (C=S) groups is 1. The fourth-order valence-corrected chi connectivity index (χ4v) is 1.54. The number of carbonyl (C=O) groups is 1. The number of nitrogens with two attached hydrogens (primary N) is 1. The standard InChI is InChI=1S/C11H12BrN3O3S/c1-17-10(16)6-18-9-3-2-8(12)4-7(9)5-14-15-11(13)19/h2-5H,6H2,1H3,(H3,13,15,19). The molecule has 0 unspecified atom stereocenters. The summed E-state index contributed by atoms with van der Waals surface area (Å²) in [6.45, 7) is -0.179. The van der Waals surface area contributed by atoms with Crippen LogP contribution < -0.4 is 15.9 Å². The van der Waals surface area contributed by atoms with E-state index in [9.17, 15) is 4.79 Å². The van der Waals surface area contributed by atoms with Crippen molar-refractivity contribution in [2.75, 3.05) is 13.7 Å². The van der Waals surface area contributed by atoms with Crippen LogP contribution in [0, 0.1) is 0 Å². The minimum Gasteiger partial charge on any atom is -0.481 e. The summed E-state index contributed by atoms with van der Waals surface area (Å²) in [7, 11) is 1.29. The van der Waals surface area contributed by atoms with Gasteiger partial charge < -0.3 is 15.2 Å². The van der Waals surface area contributed by atoms with E-state index in [1.165, 1.54) is 13.3 Å². The molecular weight excluding hydrogens is 334 g/mol. The number of halogens is 1. The van der Waals surface area contributed by atoms with E-state index in [0.29, 0.717) is 11.3 Å². The number of ether oxygens (including phenoxy) is 2. The number of methoxy groups -OCH3 is 1. The predicted molar refractivity (Wildman–Crippen MR) is 79.2 cm³/mol. The number of nitrogens with zero attached hydrogens (tertiary/aromatic N) is 1. The topological polar surface area (TPSA) is 85.9 Å². The molecule has 0 bridgehead atoms. The maximum atomic E-state index is 11.0. The van der Waals surface area contributed by atoms with Gasteiger partial charge in [0.15, 0.2) is 11.7 Å². The van der Waals surface area contributed by atoms with Gasteiger partial charge in [-0.15, -0.1) is 0 Å². The average molecular weight is 346 g/mol. The van der Waals surface area contributed by atoms with Gasteiger partial charge in [-0.3, -0.25) is 5.43 Å². The second-order valence-electron chi connectivity index (χ2n) is 3.28. The molecule has 0 amide bonds. The van der Waals surface area contributed by atoms with Gasteiger partial charge in [0, 0.05) is 10.0 Å². The van der Waals surface area contributed by atoms with Crippen molar-refractivity contribution in [1.29, 1.82) is 0 Å². The second-order valence-corrected chi connectivity index (χ2v) is 4.64. The Morgan fingerprint density at radius 1 is 1.63 bits per heavy atom. The van der Waals surface area contributed by atoms with Gasteiger partial charge in [-0.1, -0.05) is 15.9 Å². The van der Waals surface area contributed by atoms with Gasteiger partial charge in [0.2, 0.25) is 0 Å².